The molecule has 5 heteroatoms. The molecule has 0 saturated carbocycles. The quantitative estimate of drug-likeness (QED) is 0.821. The molecular formula is C13H14N2OS2. The fraction of sp³-hybridized carbons (Fsp3) is 0.154. The van der Waals surface area contributed by atoms with Crippen LogP contribution in [0.2, 0.25) is 0 Å². The highest BCUT2D eigenvalue weighted by Crippen LogP contribution is 2.17. The molecule has 0 bridgehead atoms. The number of nitrogens with one attached hydrogen (secondary N) is 2. The monoisotopic (exact) mass is 278 g/mol. The topological polar surface area (TPSA) is 41.1 Å². The summed E-state index contributed by atoms with van der Waals surface area (Å²) >= 11 is 3.06. The molecular weight excluding hydrogens is 264 g/mol. The van der Waals surface area contributed by atoms with Crippen molar-refractivity contribution in [3.63, 3.8) is 0 Å². The molecule has 1 amide bonds. The van der Waals surface area contributed by atoms with Crippen LogP contribution in [-0.4, -0.2) is 12.2 Å². The van der Waals surface area contributed by atoms with Crippen molar-refractivity contribution >= 4 is 39.9 Å². The van der Waals surface area contributed by atoms with Crippen molar-refractivity contribution in [2.45, 2.75) is 6.42 Å². The van der Waals surface area contributed by atoms with Crippen LogP contribution in [0.25, 0.3) is 0 Å². The summed E-state index contributed by atoms with van der Waals surface area (Å²) < 4.78 is 3.15. The Morgan fingerprint density at radius 1 is 1.33 bits per heavy atom. The third-order valence-corrected chi connectivity index (χ3v) is 3.52. The van der Waals surface area contributed by atoms with Crippen LogP contribution >= 0.6 is 23.3 Å². The van der Waals surface area contributed by atoms with Gasteiger partial charge >= 0.3 is 0 Å². The molecule has 2 aromatic rings. The Balaban J connectivity index is 1.96. The Morgan fingerprint density at radius 2 is 2.22 bits per heavy atom. The van der Waals surface area contributed by atoms with E-state index in [1.54, 1.807) is 0 Å². The predicted octanol–water partition coefficient (Wildman–Crippen LogP) is 3.62. The summed E-state index contributed by atoms with van der Waals surface area (Å²) in [6, 6.07) is 11.7. The molecule has 3 nitrogen and oxygen atoms in total. The first-order valence-electron chi connectivity index (χ1n) is 5.49. The van der Waals surface area contributed by atoms with E-state index >= 15 is 0 Å². The van der Waals surface area contributed by atoms with Gasteiger partial charge in [-0.3, -0.25) is 4.79 Å². The van der Waals surface area contributed by atoms with Gasteiger partial charge in [-0.2, -0.15) is 0 Å². The summed E-state index contributed by atoms with van der Waals surface area (Å²) in [7, 11) is 0. The lowest BCUT2D eigenvalue weighted by Crippen LogP contribution is -2.13. The van der Waals surface area contributed by atoms with Crippen molar-refractivity contribution in [1.82, 2.24) is 0 Å². The molecule has 18 heavy (non-hydrogen) atoms. The summed E-state index contributed by atoms with van der Waals surface area (Å²) in [5.41, 5.74) is 2.02. The minimum absolute atomic E-state index is 0.0127. The highest BCUT2D eigenvalue weighted by Gasteiger charge is 2.05. The maximum absolute atomic E-state index is 11.8. The Hall–Kier alpha value is -1.46. The molecule has 94 valence electrons. The average Bonchev–Trinajstić information content (AvgIpc) is 2.82. The normalized spacial score (nSPS) is 10.1. The second kappa shape index (κ2) is 6.47. The molecule has 0 aliphatic heterocycles. The number of carbonyl (C=O) groups excluding carboxylic acids is 1. The van der Waals surface area contributed by atoms with Crippen molar-refractivity contribution in [3.05, 3.63) is 47.3 Å². The molecule has 0 saturated heterocycles. The van der Waals surface area contributed by atoms with Crippen LogP contribution in [0.5, 0.6) is 0 Å². The minimum atomic E-state index is 0.0127. The molecule has 0 aliphatic carbocycles. The molecule has 1 aromatic heterocycles. The van der Waals surface area contributed by atoms with E-state index in [-0.39, 0.29) is 5.91 Å². The van der Waals surface area contributed by atoms with Crippen molar-refractivity contribution in [2.75, 3.05) is 16.3 Å². The van der Waals surface area contributed by atoms with E-state index in [0.29, 0.717) is 6.42 Å². The first kappa shape index (κ1) is 13.0. The van der Waals surface area contributed by atoms with Gasteiger partial charge in [0.15, 0.2) is 0 Å². The van der Waals surface area contributed by atoms with Gasteiger partial charge in [-0.15, -0.1) is 11.3 Å². The van der Waals surface area contributed by atoms with E-state index in [0.717, 1.165) is 16.3 Å². The average molecular weight is 278 g/mol. The van der Waals surface area contributed by atoms with E-state index in [9.17, 15) is 4.79 Å². The Bertz CT molecular complexity index is 511. The van der Waals surface area contributed by atoms with Crippen LogP contribution in [0.15, 0.2) is 41.8 Å². The first-order chi connectivity index (χ1) is 8.78. The van der Waals surface area contributed by atoms with Crippen molar-refractivity contribution in [1.29, 1.82) is 0 Å². The largest absolute Gasteiger partial charge is 0.330 e. The highest BCUT2D eigenvalue weighted by atomic mass is 32.2. The van der Waals surface area contributed by atoms with Gasteiger partial charge in [0, 0.05) is 11.9 Å². The molecule has 0 aliphatic rings. The van der Waals surface area contributed by atoms with Crippen LogP contribution in [0.3, 0.4) is 0 Å². The number of thiophene rings is 1. The maximum Gasteiger partial charge on any atom is 0.229 e. The molecule has 0 spiro atoms. The van der Waals surface area contributed by atoms with E-state index in [1.165, 1.54) is 23.3 Å². The predicted molar refractivity (Wildman–Crippen MR) is 80.2 cm³/mol. The van der Waals surface area contributed by atoms with Crippen molar-refractivity contribution < 1.29 is 4.79 Å². The zero-order chi connectivity index (χ0) is 12.8. The van der Waals surface area contributed by atoms with E-state index < -0.39 is 0 Å². The first-order valence-corrected chi connectivity index (χ1v) is 7.59. The fourth-order valence-electron chi connectivity index (χ4n) is 1.58. The van der Waals surface area contributed by atoms with Gasteiger partial charge in [-0.25, -0.2) is 0 Å². The summed E-state index contributed by atoms with van der Waals surface area (Å²) in [5.74, 6) is 0.0127. The highest BCUT2D eigenvalue weighted by molar-refractivity contribution is 7.99. The lowest BCUT2D eigenvalue weighted by Gasteiger charge is -2.06. The standard InChI is InChI=1S/C13H14N2OS2/c1-17-15-11-5-2-4-10(8-11)9-12(16)14-13-6-3-7-18-13/h2-8,15H,9H2,1H3,(H,14,16). The maximum atomic E-state index is 11.8. The van der Waals surface area contributed by atoms with Gasteiger partial charge in [-0.05, 0) is 35.2 Å². The van der Waals surface area contributed by atoms with E-state index in [1.807, 2.05) is 48.0 Å². The number of anilines is 2. The van der Waals surface area contributed by atoms with Crippen LogP contribution < -0.4 is 10.0 Å². The number of rotatable bonds is 5. The summed E-state index contributed by atoms with van der Waals surface area (Å²) in [4.78, 5) is 11.8. The zero-order valence-corrected chi connectivity index (χ0v) is 11.6. The Labute approximate surface area is 115 Å². The third kappa shape index (κ3) is 3.78. The Kier molecular flexibility index (Phi) is 4.66. The number of hydrogen-bond donors (Lipinski definition) is 2. The molecule has 1 aromatic carbocycles. The van der Waals surface area contributed by atoms with Crippen LogP contribution in [0.1, 0.15) is 5.56 Å². The number of benzene rings is 1. The summed E-state index contributed by atoms with van der Waals surface area (Å²) in [6.07, 6.45) is 2.36. The van der Waals surface area contributed by atoms with Crippen LogP contribution in [-0.2, 0) is 11.2 Å². The SMILES string of the molecule is CSNc1cccc(CC(=O)Nc2cccs2)c1. The summed E-state index contributed by atoms with van der Waals surface area (Å²) in [6.45, 7) is 0. The number of carbonyl (C=O) groups is 1. The zero-order valence-electron chi connectivity index (χ0n) is 9.97. The molecule has 0 fully saturated rings. The summed E-state index contributed by atoms with van der Waals surface area (Å²) in [5, 5.41) is 5.71. The fourth-order valence-corrected chi connectivity index (χ4v) is 2.58. The van der Waals surface area contributed by atoms with E-state index in [2.05, 4.69) is 10.0 Å². The van der Waals surface area contributed by atoms with E-state index in [4.69, 9.17) is 0 Å². The number of hydrogen-bond acceptors (Lipinski definition) is 4. The molecule has 0 radical (unpaired) electrons. The van der Waals surface area contributed by atoms with Gasteiger partial charge in [0.05, 0.1) is 11.4 Å². The molecule has 0 atom stereocenters. The number of amides is 1. The van der Waals surface area contributed by atoms with Gasteiger partial charge in [0.25, 0.3) is 0 Å². The third-order valence-electron chi connectivity index (χ3n) is 2.30. The van der Waals surface area contributed by atoms with Gasteiger partial charge in [0.1, 0.15) is 0 Å². The Morgan fingerprint density at radius 3 is 2.94 bits per heavy atom. The van der Waals surface area contributed by atoms with Gasteiger partial charge in [0.2, 0.25) is 5.91 Å². The van der Waals surface area contributed by atoms with Crippen molar-refractivity contribution in [3.8, 4) is 0 Å². The smallest absolute Gasteiger partial charge is 0.229 e. The lowest BCUT2D eigenvalue weighted by atomic mass is 10.1. The molecule has 2 rings (SSSR count). The molecule has 1 heterocycles. The second-order valence-corrected chi connectivity index (χ2v) is 5.27. The minimum Gasteiger partial charge on any atom is -0.330 e. The van der Waals surface area contributed by atoms with Gasteiger partial charge < -0.3 is 10.0 Å². The molecule has 0 unspecified atom stereocenters. The second-order valence-electron chi connectivity index (χ2n) is 3.71. The van der Waals surface area contributed by atoms with Crippen LogP contribution in [0.4, 0.5) is 10.7 Å². The van der Waals surface area contributed by atoms with Crippen LogP contribution in [0, 0.1) is 0 Å². The van der Waals surface area contributed by atoms with Crippen molar-refractivity contribution in [2.24, 2.45) is 0 Å². The molecule has 2 N–H and O–H groups in total. The lowest BCUT2D eigenvalue weighted by molar-refractivity contribution is -0.115. The van der Waals surface area contributed by atoms with Gasteiger partial charge in [-0.1, -0.05) is 24.1 Å².